The number of ether oxygens (including phenoxy) is 1. The van der Waals surface area contributed by atoms with Gasteiger partial charge in [0.05, 0.1) is 0 Å². The number of piperidine rings is 1. The average molecular weight is 313 g/mol. The average Bonchev–Trinajstić information content (AvgIpc) is 2.37. The number of amides is 1. The van der Waals surface area contributed by atoms with E-state index in [2.05, 4.69) is 26.6 Å². The fourth-order valence-electron chi connectivity index (χ4n) is 1.90. The molecule has 98 valence electrons. The normalized spacial score (nSPS) is 19.4. The molecule has 4 nitrogen and oxygen atoms in total. The summed E-state index contributed by atoms with van der Waals surface area (Å²) in [6.45, 7) is 2.13. The number of halogens is 1. The summed E-state index contributed by atoms with van der Waals surface area (Å²) in [5, 5.41) is 6.23. The van der Waals surface area contributed by atoms with Crippen molar-refractivity contribution in [3.05, 3.63) is 28.7 Å². The highest BCUT2D eigenvalue weighted by atomic mass is 79.9. The summed E-state index contributed by atoms with van der Waals surface area (Å²) in [5.41, 5.74) is 0. The monoisotopic (exact) mass is 312 g/mol. The lowest BCUT2D eigenvalue weighted by molar-refractivity contribution is -0.122. The Morgan fingerprint density at radius 1 is 1.50 bits per heavy atom. The zero-order chi connectivity index (χ0) is 12.8. The smallest absolute Gasteiger partial charge is 0.220 e. The minimum absolute atomic E-state index is 0.151. The molecule has 2 rings (SSSR count). The van der Waals surface area contributed by atoms with Crippen molar-refractivity contribution in [2.24, 2.45) is 0 Å². The Hall–Kier alpha value is -1.07. The van der Waals surface area contributed by atoms with Gasteiger partial charge in [-0.2, -0.15) is 0 Å². The highest BCUT2D eigenvalue weighted by Gasteiger charge is 2.16. The SMILES string of the molecule is O=C1CCC(NCCOc2cccc(Br)c2)CN1. The van der Waals surface area contributed by atoms with Crippen LogP contribution in [0.2, 0.25) is 0 Å². The van der Waals surface area contributed by atoms with Crippen molar-refractivity contribution in [3.63, 3.8) is 0 Å². The third-order valence-corrected chi connectivity index (χ3v) is 3.36. The summed E-state index contributed by atoms with van der Waals surface area (Å²) in [6.07, 6.45) is 1.52. The lowest BCUT2D eigenvalue weighted by Crippen LogP contribution is -2.46. The molecule has 1 unspecified atom stereocenters. The molecule has 1 heterocycles. The highest BCUT2D eigenvalue weighted by molar-refractivity contribution is 9.10. The molecule has 0 radical (unpaired) electrons. The summed E-state index contributed by atoms with van der Waals surface area (Å²) in [6, 6.07) is 8.17. The fourth-order valence-corrected chi connectivity index (χ4v) is 2.27. The van der Waals surface area contributed by atoms with E-state index in [9.17, 15) is 4.79 Å². The number of rotatable bonds is 5. The molecule has 1 amide bonds. The summed E-state index contributed by atoms with van der Waals surface area (Å²) < 4.78 is 6.64. The molecule has 0 bridgehead atoms. The van der Waals surface area contributed by atoms with Crippen LogP contribution in [0.1, 0.15) is 12.8 Å². The molecule has 1 atom stereocenters. The van der Waals surface area contributed by atoms with Crippen LogP contribution >= 0.6 is 15.9 Å². The van der Waals surface area contributed by atoms with E-state index in [1.165, 1.54) is 0 Å². The summed E-state index contributed by atoms with van der Waals surface area (Å²) in [7, 11) is 0. The van der Waals surface area contributed by atoms with Gasteiger partial charge in [-0.05, 0) is 24.6 Å². The number of nitrogens with one attached hydrogen (secondary N) is 2. The molecule has 0 aromatic heterocycles. The third-order valence-electron chi connectivity index (χ3n) is 2.87. The Kier molecular flexibility index (Phi) is 5.01. The maximum atomic E-state index is 11.0. The second kappa shape index (κ2) is 6.75. The molecule has 0 aliphatic carbocycles. The molecule has 1 aliphatic rings. The van der Waals surface area contributed by atoms with E-state index in [0.717, 1.165) is 29.7 Å². The van der Waals surface area contributed by atoms with Crippen LogP contribution in [0.25, 0.3) is 0 Å². The number of carbonyl (C=O) groups excluding carboxylic acids is 1. The fraction of sp³-hybridized carbons (Fsp3) is 0.462. The first-order chi connectivity index (χ1) is 8.74. The van der Waals surface area contributed by atoms with Gasteiger partial charge < -0.3 is 15.4 Å². The molecular weight excluding hydrogens is 296 g/mol. The van der Waals surface area contributed by atoms with Gasteiger partial charge in [-0.15, -0.1) is 0 Å². The summed E-state index contributed by atoms with van der Waals surface area (Å²) >= 11 is 3.40. The first-order valence-electron chi connectivity index (χ1n) is 6.12. The maximum Gasteiger partial charge on any atom is 0.220 e. The highest BCUT2D eigenvalue weighted by Crippen LogP contribution is 2.17. The van der Waals surface area contributed by atoms with Crippen molar-refractivity contribution in [3.8, 4) is 5.75 Å². The molecule has 1 aromatic rings. The van der Waals surface area contributed by atoms with Crippen LogP contribution in [0.5, 0.6) is 5.75 Å². The Morgan fingerprint density at radius 3 is 3.11 bits per heavy atom. The van der Waals surface area contributed by atoms with Crippen molar-refractivity contribution >= 4 is 21.8 Å². The quantitative estimate of drug-likeness (QED) is 0.814. The van der Waals surface area contributed by atoms with E-state index in [1.54, 1.807) is 0 Å². The Labute approximate surface area is 115 Å². The third kappa shape index (κ3) is 4.31. The van der Waals surface area contributed by atoms with Gasteiger partial charge >= 0.3 is 0 Å². The summed E-state index contributed by atoms with van der Waals surface area (Å²) in [5.74, 6) is 1.02. The topological polar surface area (TPSA) is 50.4 Å². The second-order valence-electron chi connectivity index (χ2n) is 4.30. The molecule has 1 aromatic carbocycles. The predicted octanol–water partition coefficient (Wildman–Crippen LogP) is 1.70. The van der Waals surface area contributed by atoms with Crippen molar-refractivity contribution in [1.82, 2.24) is 10.6 Å². The van der Waals surface area contributed by atoms with Crippen LogP contribution < -0.4 is 15.4 Å². The largest absolute Gasteiger partial charge is 0.492 e. The Bertz CT molecular complexity index is 402. The molecule has 5 heteroatoms. The van der Waals surface area contributed by atoms with E-state index in [-0.39, 0.29) is 5.91 Å². The van der Waals surface area contributed by atoms with Crippen molar-refractivity contribution in [2.45, 2.75) is 18.9 Å². The van der Waals surface area contributed by atoms with E-state index < -0.39 is 0 Å². The minimum atomic E-state index is 0.151. The van der Waals surface area contributed by atoms with E-state index in [1.807, 2.05) is 24.3 Å². The van der Waals surface area contributed by atoms with Crippen molar-refractivity contribution < 1.29 is 9.53 Å². The zero-order valence-electron chi connectivity index (χ0n) is 10.1. The van der Waals surface area contributed by atoms with Crippen LogP contribution in [0, 0.1) is 0 Å². The van der Waals surface area contributed by atoms with Crippen molar-refractivity contribution in [1.29, 1.82) is 0 Å². The lowest BCUT2D eigenvalue weighted by atomic mass is 10.1. The number of benzene rings is 1. The van der Waals surface area contributed by atoms with Crippen LogP contribution in [0.15, 0.2) is 28.7 Å². The molecule has 0 spiro atoms. The standard InChI is InChI=1S/C13H17BrN2O2/c14-10-2-1-3-12(8-10)18-7-6-15-11-4-5-13(17)16-9-11/h1-3,8,11,15H,4-7,9H2,(H,16,17). The molecule has 1 aliphatic heterocycles. The van der Waals surface area contributed by atoms with Gasteiger partial charge in [-0.3, -0.25) is 4.79 Å². The Balaban J connectivity index is 1.63. The molecule has 18 heavy (non-hydrogen) atoms. The van der Waals surface area contributed by atoms with Gasteiger partial charge in [0.25, 0.3) is 0 Å². The van der Waals surface area contributed by atoms with Crippen LogP contribution in [0.4, 0.5) is 0 Å². The molecule has 0 saturated carbocycles. The van der Waals surface area contributed by atoms with Crippen LogP contribution in [0.3, 0.4) is 0 Å². The van der Waals surface area contributed by atoms with Gasteiger partial charge in [0.2, 0.25) is 5.91 Å². The first-order valence-corrected chi connectivity index (χ1v) is 6.92. The summed E-state index contributed by atoms with van der Waals surface area (Å²) in [4.78, 5) is 11.0. The molecular formula is C13H17BrN2O2. The van der Waals surface area contributed by atoms with E-state index in [0.29, 0.717) is 19.1 Å². The van der Waals surface area contributed by atoms with Gasteiger partial charge in [0.1, 0.15) is 12.4 Å². The van der Waals surface area contributed by atoms with Gasteiger partial charge in [0.15, 0.2) is 0 Å². The number of hydrogen-bond acceptors (Lipinski definition) is 3. The lowest BCUT2D eigenvalue weighted by Gasteiger charge is -2.23. The number of hydrogen-bond donors (Lipinski definition) is 2. The zero-order valence-corrected chi connectivity index (χ0v) is 11.7. The van der Waals surface area contributed by atoms with Crippen LogP contribution in [-0.4, -0.2) is 31.6 Å². The van der Waals surface area contributed by atoms with Gasteiger partial charge in [-0.1, -0.05) is 22.0 Å². The van der Waals surface area contributed by atoms with E-state index >= 15 is 0 Å². The predicted molar refractivity (Wildman–Crippen MR) is 73.7 cm³/mol. The van der Waals surface area contributed by atoms with Crippen LogP contribution in [-0.2, 0) is 4.79 Å². The number of carbonyl (C=O) groups is 1. The van der Waals surface area contributed by atoms with Crippen molar-refractivity contribution in [2.75, 3.05) is 19.7 Å². The Morgan fingerprint density at radius 2 is 2.39 bits per heavy atom. The molecule has 1 saturated heterocycles. The van der Waals surface area contributed by atoms with Gasteiger partial charge in [0, 0.05) is 30.0 Å². The van der Waals surface area contributed by atoms with Gasteiger partial charge in [-0.25, -0.2) is 0 Å². The second-order valence-corrected chi connectivity index (χ2v) is 5.22. The minimum Gasteiger partial charge on any atom is -0.492 e. The molecule has 2 N–H and O–H groups in total. The first kappa shape index (κ1) is 13.4. The maximum absolute atomic E-state index is 11.0. The van der Waals surface area contributed by atoms with E-state index in [4.69, 9.17) is 4.74 Å². The molecule has 1 fully saturated rings.